The number of halogens is 2. The molecule has 4 rings (SSSR count). The Hall–Kier alpha value is -2.76. The lowest BCUT2D eigenvalue weighted by Gasteiger charge is -2.22. The normalized spacial score (nSPS) is 10.9. The Morgan fingerprint density at radius 2 is 1.72 bits per heavy atom. The highest BCUT2D eigenvalue weighted by atomic mass is 127. The number of anilines is 2. The summed E-state index contributed by atoms with van der Waals surface area (Å²) in [4.78, 5) is 16.6. The number of benzene rings is 3. The summed E-state index contributed by atoms with van der Waals surface area (Å²) in [6.07, 6.45) is 0. The van der Waals surface area contributed by atoms with E-state index in [0.29, 0.717) is 16.1 Å². The molecule has 0 aliphatic rings. The van der Waals surface area contributed by atoms with Gasteiger partial charge in [0.05, 0.1) is 16.3 Å². The Bertz CT molecular complexity index is 1470. The van der Waals surface area contributed by atoms with E-state index in [1.165, 1.54) is 5.69 Å². The fraction of sp³-hybridized carbons (Fsp3) is 0.231. The molecule has 36 heavy (non-hydrogen) atoms. The molecule has 10 heteroatoms. The summed E-state index contributed by atoms with van der Waals surface area (Å²) in [7, 11) is 0. The van der Waals surface area contributed by atoms with E-state index in [2.05, 4.69) is 77.1 Å². The van der Waals surface area contributed by atoms with Crippen LogP contribution in [0.2, 0.25) is 5.02 Å². The lowest BCUT2D eigenvalue weighted by Crippen LogP contribution is -2.34. The highest BCUT2D eigenvalue weighted by Crippen LogP contribution is 2.25. The van der Waals surface area contributed by atoms with Crippen molar-refractivity contribution in [3.8, 4) is 5.69 Å². The second kappa shape index (κ2) is 11.1. The lowest BCUT2D eigenvalue weighted by molar-refractivity contribution is 0.0978. The van der Waals surface area contributed by atoms with E-state index in [4.69, 9.17) is 34.0 Å². The van der Waals surface area contributed by atoms with Crippen LogP contribution in [0.1, 0.15) is 35.3 Å². The third-order valence-electron chi connectivity index (χ3n) is 5.90. The number of amides is 1. The molecule has 0 atom stereocenters. The molecule has 186 valence electrons. The number of nitrogens with one attached hydrogen (secondary N) is 2. The van der Waals surface area contributed by atoms with E-state index >= 15 is 0 Å². The second-order valence-electron chi connectivity index (χ2n) is 8.32. The minimum Gasteiger partial charge on any atom is -0.372 e. The maximum Gasteiger partial charge on any atom is 0.258 e. The van der Waals surface area contributed by atoms with Crippen molar-refractivity contribution < 1.29 is 4.79 Å². The fourth-order valence-corrected chi connectivity index (χ4v) is 4.85. The van der Waals surface area contributed by atoms with Crippen molar-refractivity contribution in [3.63, 3.8) is 0 Å². The molecule has 3 aromatic carbocycles. The Morgan fingerprint density at radius 3 is 2.39 bits per heavy atom. The summed E-state index contributed by atoms with van der Waals surface area (Å²) in [5.41, 5.74) is 6.71. The molecule has 0 radical (unpaired) electrons. The molecule has 0 saturated carbocycles. The van der Waals surface area contributed by atoms with Crippen molar-refractivity contribution in [2.45, 2.75) is 27.7 Å². The molecule has 2 N–H and O–H groups in total. The van der Waals surface area contributed by atoms with Crippen LogP contribution >= 0.6 is 46.4 Å². The summed E-state index contributed by atoms with van der Waals surface area (Å²) in [6.45, 7) is 10.2. The minimum absolute atomic E-state index is 0.174. The van der Waals surface area contributed by atoms with Gasteiger partial charge in [0.25, 0.3) is 5.91 Å². The Balaban J connectivity index is 1.55. The van der Waals surface area contributed by atoms with Gasteiger partial charge in [0, 0.05) is 28.0 Å². The largest absolute Gasteiger partial charge is 0.372 e. The number of carbonyl (C=O) groups is 1. The van der Waals surface area contributed by atoms with Crippen LogP contribution in [0, 0.1) is 17.4 Å². The minimum atomic E-state index is -0.371. The molecule has 0 unspecified atom stereocenters. The monoisotopic (exact) mass is 632 g/mol. The van der Waals surface area contributed by atoms with Gasteiger partial charge in [0.1, 0.15) is 11.0 Å². The molecule has 7 nitrogen and oxygen atoms in total. The SMILES string of the molecule is CCN(CC)c1ccc(-n2nc3cc(C)c(NC(=S)NC(=O)c4cc(I)ccc4Cl)cc3n2)c(C)c1. The molecule has 0 bridgehead atoms. The van der Waals surface area contributed by atoms with E-state index in [0.717, 1.165) is 44.7 Å². The van der Waals surface area contributed by atoms with Crippen LogP contribution in [0.5, 0.6) is 0 Å². The first-order valence-corrected chi connectivity index (χ1v) is 13.4. The van der Waals surface area contributed by atoms with Crippen LogP contribution in [-0.4, -0.2) is 39.1 Å². The number of hydrogen-bond donors (Lipinski definition) is 2. The summed E-state index contributed by atoms with van der Waals surface area (Å²) in [5, 5.41) is 15.7. The third kappa shape index (κ3) is 5.63. The zero-order chi connectivity index (χ0) is 26.0. The lowest BCUT2D eigenvalue weighted by atomic mass is 10.1. The van der Waals surface area contributed by atoms with Crippen molar-refractivity contribution in [1.29, 1.82) is 0 Å². The standard InChI is InChI=1S/C26H26ClIN6OS/c1-5-33(6-2)18-8-10-24(16(4)11-18)34-31-22-12-15(3)21(14-23(22)32-34)29-26(36)30-25(35)19-13-17(28)7-9-20(19)27/h7-14H,5-6H2,1-4H3,(H2,29,30,35,36). The number of rotatable bonds is 6. The number of fused-ring (bicyclic) bond motifs is 1. The van der Waals surface area contributed by atoms with E-state index in [9.17, 15) is 4.79 Å². The molecule has 0 spiro atoms. The van der Waals surface area contributed by atoms with Crippen LogP contribution in [0.25, 0.3) is 16.7 Å². The predicted molar refractivity (Wildman–Crippen MR) is 160 cm³/mol. The molecule has 0 fully saturated rings. The van der Waals surface area contributed by atoms with Crippen LogP contribution in [0.4, 0.5) is 11.4 Å². The number of hydrogen-bond acceptors (Lipinski definition) is 5. The maximum absolute atomic E-state index is 12.7. The number of carbonyl (C=O) groups excluding carboxylic acids is 1. The molecule has 0 aliphatic heterocycles. The molecular weight excluding hydrogens is 607 g/mol. The Labute approximate surface area is 234 Å². The predicted octanol–water partition coefficient (Wildman–Crippen LogP) is 6.27. The van der Waals surface area contributed by atoms with Gasteiger partial charge in [-0.15, -0.1) is 10.2 Å². The van der Waals surface area contributed by atoms with Crippen LogP contribution < -0.4 is 15.5 Å². The second-order valence-corrected chi connectivity index (χ2v) is 10.4. The molecule has 1 amide bonds. The zero-order valence-electron chi connectivity index (χ0n) is 20.4. The van der Waals surface area contributed by atoms with Gasteiger partial charge in [0.15, 0.2) is 5.11 Å². The van der Waals surface area contributed by atoms with Gasteiger partial charge in [0.2, 0.25) is 0 Å². The first-order valence-electron chi connectivity index (χ1n) is 11.5. The third-order valence-corrected chi connectivity index (χ3v) is 7.10. The topological polar surface area (TPSA) is 75.1 Å². The van der Waals surface area contributed by atoms with E-state index in [-0.39, 0.29) is 11.0 Å². The van der Waals surface area contributed by atoms with E-state index in [1.54, 1.807) is 16.9 Å². The molecule has 0 saturated heterocycles. The maximum atomic E-state index is 12.7. The average Bonchev–Trinajstić information content (AvgIpc) is 3.23. The van der Waals surface area contributed by atoms with Gasteiger partial charge in [-0.1, -0.05) is 11.6 Å². The summed E-state index contributed by atoms with van der Waals surface area (Å²) in [5.74, 6) is -0.371. The molecule has 1 aromatic heterocycles. The van der Waals surface area contributed by atoms with Gasteiger partial charge in [-0.2, -0.15) is 4.80 Å². The van der Waals surface area contributed by atoms with Crippen LogP contribution in [-0.2, 0) is 0 Å². The number of thiocarbonyl (C=S) groups is 1. The Kier molecular flexibility index (Phi) is 8.11. The van der Waals surface area contributed by atoms with E-state index in [1.807, 2.05) is 25.1 Å². The quantitative estimate of drug-likeness (QED) is 0.193. The highest BCUT2D eigenvalue weighted by Gasteiger charge is 2.15. The van der Waals surface area contributed by atoms with Crippen molar-refractivity contribution >= 4 is 79.8 Å². The Morgan fingerprint density at radius 1 is 1.03 bits per heavy atom. The fourth-order valence-electron chi connectivity index (χ4n) is 3.96. The summed E-state index contributed by atoms with van der Waals surface area (Å²) in [6, 6.07) is 15.4. The van der Waals surface area contributed by atoms with Crippen molar-refractivity contribution in [2.75, 3.05) is 23.3 Å². The van der Waals surface area contributed by atoms with Crippen LogP contribution in [0.15, 0.2) is 48.5 Å². The number of nitrogens with zero attached hydrogens (tertiary/aromatic N) is 4. The van der Waals surface area contributed by atoms with E-state index < -0.39 is 0 Å². The van der Waals surface area contributed by atoms with Gasteiger partial charge < -0.3 is 10.2 Å². The first kappa shape index (κ1) is 26.3. The van der Waals surface area contributed by atoms with Crippen molar-refractivity contribution in [2.24, 2.45) is 0 Å². The van der Waals surface area contributed by atoms with Gasteiger partial charge in [-0.3, -0.25) is 10.1 Å². The average molecular weight is 633 g/mol. The number of aromatic nitrogens is 3. The molecule has 0 aliphatic carbocycles. The molecular formula is C26H26ClIN6OS. The first-order chi connectivity index (χ1) is 17.2. The van der Waals surface area contributed by atoms with Crippen LogP contribution in [0.3, 0.4) is 0 Å². The van der Waals surface area contributed by atoms with Gasteiger partial charge in [-0.25, -0.2) is 0 Å². The van der Waals surface area contributed by atoms with Gasteiger partial charge in [-0.05, 0) is 122 Å². The smallest absolute Gasteiger partial charge is 0.258 e. The summed E-state index contributed by atoms with van der Waals surface area (Å²) < 4.78 is 0.906. The van der Waals surface area contributed by atoms with Gasteiger partial charge >= 0.3 is 0 Å². The molecule has 4 aromatic rings. The van der Waals surface area contributed by atoms with Crippen molar-refractivity contribution in [1.82, 2.24) is 20.3 Å². The number of aryl methyl sites for hydroxylation is 2. The highest BCUT2D eigenvalue weighted by molar-refractivity contribution is 14.1. The summed E-state index contributed by atoms with van der Waals surface area (Å²) >= 11 is 13.7. The van der Waals surface area contributed by atoms with Crippen molar-refractivity contribution in [3.05, 3.63) is 73.8 Å². The zero-order valence-corrected chi connectivity index (χ0v) is 24.1. The molecule has 1 heterocycles.